The smallest absolute Gasteiger partial charge is 0.225 e. The zero-order valence-electron chi connectivity index (χ0n) is 12.0. The van der Waals surface area contributed by atoms with Crippen LogP contribution in [0, 0.1) is 11.7 Å². The highest BCUT2D eigenvalue weighted by Gasteiger charge is 2.37. The number of hydrogen-bond donors (Lipinski definition) is 2. The van der Waals surface area contributed by atoms with Crippen molar-refractivity contribution in [2.24, 2.45) is 11.7 Å². The Bertz CT molecular complexity index is 510. The van der Waals surface area contributed by atoms with Crippen LogP contribution in [-0.2, 0) is 11.3 Å². The van der Waals surface area contributed by atoms with Crippen molar-refractivity contribution in [1.82, 2.24) is 5.32 Å². The van der Waals surface area contributed by atoms with Crippen LogP contribution in [0.4, 0.5) is 4.39 Å². The highest BCUT2D eigenvalue weighted by atomic mass is 79.9. The van der Waals surface area contributed by atoms with Gasteiger partial charge in [0, 0.05) is 16.6 Å². The van der Waals surface area contributed by atoms with Gasteiger partial charge < -0.3 is 11.1 Å². The predicted molar refractivity (Wildman–Crippen MR) is 87.7 cm³/mol. The third-order valence-corrected chi connectivity index (χ3v) is 4.81. The topological polar surface area (TPSA) is 55.1 Å². The number of carbonyl (C=O) groups is 1. The largest absolute Gasteiger partial charge is 0.352 e. The fourth-order valence-electron chi connectivity index (χ4n) is 2.77. The SMILES string of the molecule is CC1(N)CCCCC1C(=O)NCc1cc(F)ccc1Br.Cl. The van der Waals surface area contributed by atoms with E-state index in [1.165, 1.54) is 12.1 Å². The Morgan fingerprint density at radius 1 is 1.52 bits per heavy atom. The van der Waals surface area contributed by atoms with Crippen molar-refractivity contribution in [2.45, 2.75) is 44.7 Å². The molecule has 1 amide bonds. The van der Waals surface area contributed by atoms with Crippen molar-refractivity contribution in [1.29, 1.82) is 0 Å². The van der Waals surface area contributed by atoms with Gasteiger partial charge in [-0.1, -0.05) is 28.8 Å². The van der Waals surface area contributed by atoms with Crippen molar-refractivity contribution in [3.8, 4) is 0 Å². The van der Waals surface area contributed by atoms with E-state index in [0.29, 0.717) is 6.54 Å². The van der Waals surface area contributed by atoms with Crippen molar-refractivity contribution < 1.29 is 9.18 Å². The lowest BCUT2D eigenvalue weighted by Gasteiger charge is -2.37. The molecule has 0 aromatic heterocycles. The summed E-state index contributed by atoms with van der Waals surface area (Å²) in [4.78, 5) is 12.3. The van der Waals surface area contributed by atoms with Crippen molar-refractivity contribution >= 4 is 34.2 Å². The van der Waals surface area contributed by atoms with Gasteiger partial charge in [0.05, 0.1) is 5.92 Å². The summed E-state index contributed by atoms with van der Waals surface area (Å²) in [7, 11) is 0. The molecule has 2 atom stereocenters. The highest BCUT2D eigenvalue weighted by molar-refractivity contribution is 9.10. The first kappa shape index (κ1) is 18.4. The molecule has 0 aliphatic heterocycles. The molecule has 1 aromatic rings. The van der Waals surface area contributed by atoms with Crippen LogP contribution < -0.4 is 11.1 Å². The van der Waals surface area contributed by atoms with Gasteiger partial charge in [0.1, 0.15) is 5.82 Å². The average Bonchev–Trinajstić information content (AvgIpc) is 2.39. The minimum absolute atomic E-state index is 0. The molecule has 6 heteroatoms. The third kappa shape index (κ3) is 4.66. The van der Waals surface area contributed by atoms with Crippen LogP contribution in [-0.4, -0.2) is 11.4 Å². The van der Waals surface area contributed by atoms with E-state index in [1.54, 1.807) is 6.07 Å². The molecule has 118 valence electrons. The van der Waals surface area contributed by atoms with E-state index in [0.717, 1.165) is 35.7 Å². The fourth-order valence-corrected chi connectivity index (χ4v) is 3.16. The van der Waals surface area contributed by atoms with Gasteiger partial charge in [0.25, 0.3) is 0 Å². The van der Waals surface area contributed by atoms with Crippen LogP contribution in [0.1, 0.15) is 38.2 Å². The van der Waals surface area contributed by atoms with Crippen LogP contribution >= 0.6 is 28.3 Å². The van der Waals surface area contributed by atoms with Crippen molar-refractivity contribution in [3.05, 3.63) is 34.1 Å². The molecule has 1 aliphatic rings. The molecule has 0 bridgehead atoms. The Kier molecular flexibility index (Phi) is 6.63. The second-order valence-electron chi connectivity index (χ2n) is 5.76. The Balaban J connectivity index is 0.00000220. The second kappa shape index (κ2) is 7.56. The van der Waals surface area contributed by atoms with Gasteiger partial charge in [-0.2, -0.15) is 0 Å². The molecule has 2 rings (SSSR count). The lowest BCUT2D eigenvalue weighted by atomic mass is 9.74. The monoisotopic (exact) mass is 378 g/mol. The first-order chi connectivity index (χ1) is 9.40. The molecule has 2 unspecified atom stereocenters. The Hall–Kier alpha value is -0.650. The average molecular weight is 380 g/mol. The molecule has 3 N–H and O–H groups in total. The quantitative estimate of drug-likeness (QED) is 0.844. The van der Waals surface area contributed by atoms with E-state index in [1.807, 2.05) is 6.92 Å². The summed E-state index contributed by atoms with van der Waals surface area (Å²) in [6.07, 6.45) is 3.80. The summed E-state index contributed by atoms with van der Waals surface area (Å²) in [6.45, 7) is 2.25. The summed E-state index contributed by atoms with van der Waals surface area (Å²) in [5.41, 5.74) is 6.50. The molecule has 3 nitrogen and oxygen atoms in total. The first-order valence-electron chi connectivity index (χ1n) is 6.91. The predicted octanol–water partition coefficient (Wildman–Crippen LogP) is 3.53. The Morgan fingerprint density at radius 2 is 2.24 bits per heavy atom. The minimum Gasteiger partial charge on any atom is -0.352 e. The number of carbonyl (C=O) groups excluding carboxylic acids is 1. The minimum atomic E-state index is -0.443. The fraction of sp³-hybridized carbons (Fsp3) is 0.533. The summed E-state index contributed by atoms with van der Waals surface area (Å²) in [6, 6.07) is 4.45. The summed E-state index contributed by atoms with van der Waals surface area (Å²) in [5.74, 6) is -0.506. The second-order valence-corrected chi connectivity index (χ2v) is 6.61. The Morgan fingerprint density at radius 3 is 2.90 bits per heavy atom. The van der Waals surface area contributed by atoms with Gasteiger partial charge >= 0.3 is 0 Å². The maximum atomic E-state index is 13.2. The molecule has 0 spiro atoms. The van der Waals surface area contributed by atoms with E-state index in [4.69, 9.17) is 5.73 Å². The van der Waals surface area contributed by atoms with Crippen LogP contribution in [0.15, 0.2) is 22.7 Å². The van der Waals surface area contributed by atoms with Crippen LogP contribution in [0.3, 0.4) is 0 Å². The van der Waals surface area contributed by atoms with Crippen LogP contribution in [0.25, 0.3) is 0 Å². The lowest BCUT2D eigenvalue weighted by Crippen LogP contribution is -2.52. The number of halogens is 3. The van der Waals surface area contributed by atoms with E-state index in [9.17, 15) is 9.18 Å². The maximum absolute atomic E-state index is 13.2. The number of benzene rings is 1. The molecule has 0 saturated heterocycles. The number of nitrogens with one attached hydrogen (secondary N) is 1. The first-order valence-corrected chi connectivity index (χ1v) is 7.70. The van der Waals surface area contributed by atoms with Crippen LogP contribution in [0.5, 0.6) is 0 Å². The normalized spacial score (nSPS) is 25.0. The molecular formula is C15H21BrClFN2O. The van der Waals surface area contributed by atoms with E-state index < -0.39 is 5.54 Å². The molecule has 21 heavy (non-hydrogen) atoms. The standard InChI is InChI=1S/C15H20BrFN2O.ClH/c1-15(18)7-3-2-4-12(15)14(20)19-9-10-8-11(17)5-6-13(10)16;/h5-6,8,12H,2-4,7,9,18H2,1H3,(H,19,20);1H. The highest BCUT2D eigenvalue weighted by Crippen LogP contribution is 2.31. The van der Waals surface area contributed by atoms with Gasteiger partial charge in [-0.05, 0) is 43.5 Å². The number of amides is 1. The van der Waals surface area contributed by atoms with E-state index >= 15 is 0 Å². The molecule has 1 saturated carbocycles. The lowest BCUT2D eigenvalue weighted by molar-refractivity contribution is -0.128. The summed E-state index contributed by atoms with van der Waals surface area (Å²) < 4.78 is 14.0. The van der Waals surface area contributed by atoms with Gasteiger partial charge in [0.15, 0.2) is 0 Å². The molecule has 0 heterocycles. The van der Waals surface area contributed by atoms with Gasteiger partial charge in [-0.15, -0.1) is 12.4 Å². The third-order valence-electron chi connectivity index (χ3n) is 4.03. The Labute approximate surface area is 139 Å². The molecule has 1 aliphatic carbocycles. The molecular weight excluding hydrogens is 359 g/mol. The van der Waals surface area contributed by atoms with Gasteiger partial charge in [-0.3, -0.25) is 4.79 Å². The molecule has 1 fully saturated rings. The number of hydrogen-bond acceptors (Lipinski definition) is 2. The maximum Gasteiger partial charge on any atom is 0.225 e. The van der Waals surface area contributed by atoms with E-state index in [2.05, 4.69) is 21.2 Å². The van der Waals surface area contributed by atoms with Gasteiger partial charge in [0.2, 0.25) is 5.91 Å². The number of rotatable bonds is 3. The number of nitrogens with two attached hydrogens (primary N) is 1. The van der Waals surface area contributed by atoms with E-state index in [-0.39, 0.29) is 30.0 Å². The zero-order chi connectivity index (χ0) is 14.8. The zero-order valence-corrected chi connectivity index (χ0v) is 14.4. The molecule has 1 aromatic carbocycles. The van der Waals surface area contributed by atoms with Gasteiger partial charge in [-0.25, -0.2) is 4.39 Å². The van der Waals surface area contributed by atoms with Crippen LogP contribution in [0.2, 0.25) is 0 Å². The van der Waals surface area contributed by atoms with Crippen molar-refractivity contribution in [2.75, 3.05) is 0 Å². The van der Waals surface area contributed by atoms with Crippen molar-refractivity contribution in [3.63, 3.8) is 0 Å². The summed E-state index contributed by atoms with van der Waals surface area (Å²) >= 11 is 3.36. The molecule has 0 radical (unpaired) electrons. The summed E-state index contributed by atoms with van der Waals surface area (Å²) in [5, 5.41) is 2.88.